The molecule has 0 amide bonds. The van der Waals surface area contributed by atoms with Crippen molar-refractivity contribution >= 4 is 6.08 Å². The van der Waals surface area contributed by atoms with Gasteiger partial charge in [0, 0.05) is 5.56 Å². The van der Waals surface area contributed by atoms with Crippen molar-refractivity contribution in [2.24, 2.45) is 0 Å². The Hall–Kier alpha value is -3.01. The van der Waals surface area contributed by atoms with E-state index in [9.17, 15) is 13.2 Å². The SMILES string of the molecule is C=Cc1ccc(C(F)(F)F)c(-c2ccccc2OCc2ccccc2)c1. The summed E-state index contributed by atoms with van der Waals surface area (Å²) in [6, 6.07) is 20.2. The molecule has 3 rings (SSSR count). The second-order valence-electron chi connectivity index (χ2n) is 5.78. The molecule has 0 radical (unpaired) electrons. The van der Waals surface area contributed by atoms with Gasteiger partial charge in [0.15, 0.2) is 0 Å². The average molecular weight is 354 g/mol. The molecular weight excluding hydrogens is 337 g/mol. The predicted octanol–water partition coefficient (Wildman–Crippen LogP) is 6.59. The van der Waals surface area contributed by atoms with Crippen LogP contribution in [-0.4, -0.2) is 0 Å². The number of hydrogen-bond acceptors (Lipinski definition) is 1. The van der Waals surface area contributed by atoms with Crippen LogP contribution in [0, 0.1) is 0 Å². The second-order valence-corrected chi connectivity index (χ2v) is 5.78. The maximum absolute atomic E-state index is 13.5. The van der Waals surface area contributed by atoms with E-state index in [1.54, 1.807) is 24.3 Å². The third kappa shape index (κ3) is 3.97. The van der Waals surface area contributed by atoms with Gasteiger partial charge in [-0.15, -0.1) is 0 Å². The Kier molecular flexibility index (Phi) is 5.12. The van der Waals surface area contributed by atoms with Gasteiger partial charge >= 0.3 is 6.18 Å². The van der Waals surface area contributed by atoms with Crippen molar-refractivity contribution < 1.29 is 17.9 Å². The summed E-state index contributed by atoms with van der Waals surface area (Å²) in [6.45, 7) is 3.92. The third-order valence-corrected chi connectivity index (χ3v) is 4.00. The summed E-state index contributed by atoms with van der Waals surface area (Å²) in [5.41, 5.74) is 1.35. The maximum Gasteiger partial charge on any atom is 0.417 e. The Morgan fingerprint density at radius 1 is 0.846 bits per heavy atom. The first-order valence-corrected chi connectivity index (χ1v) is 8.09. The molecule has 0 saturated heterocycles. The molecule has 0 unspecified atom stereocenters. The monoisotopic (exact) mass is 354 g/mol. The van der Waals surface area contributed by atoms with Crippen molar-refractivity contribution in [2.75, 3.05) is 0 Å². The summed E-state index contributed by atoms with van der Waals surface area (Å²) in [5.74, 6) is 0.406. The largest absolute Gasteiger partial charge is 0.488 e. The van der Waals surface area contributed by atoms with Crippen LogP contribution in [0.5, 0.6) is 5.75 Å². The molecule has 4 heteroatoms. The molecule has 26 heavy (non-hydrogen) atoms. The Balaban J connectivity index is 2.03. The van der Waals surface area contributed by atoms with Gasteiger partial charge in [0.1, 0.15) is 12.4 Å². The maximum atomic E-state index is 13.5. The molecule has 0 saturated carbocycles. The van der Waals surface area contributed by atoms with E-state index in [0.717, 1.165) is 11.6 Å². The third-order valence-electron chi connectivity index (χ3n) is 4.00. The van der Waals surface area contributed by atoms with Crippen LogP contribution in [0.2, 0.25) is 0 Å². The first kappa shape index (κ1) is 17.8. The van der Waals surface area contributed by atoms with Gasteiger partial charge in [-0.1, -0.05) is 67.3 Å². The van der Waals surface area contributed by atoms with Crippen LogP contribution in [0.1, 0.15) is 16.7 Å². The molecule has 0 aliphatic carbocycles. The molecule has 3 aromatic carbocycles. The second kappa shape index (κ2) is 7.48. The summed E-state index contributed by atoms with van der Waals surface area (Å²) < 4.78 is 46.3. The summed E-state index contributed by atoms with van der Waals surface area (Å²) in [6.07, 6.45) is -2.93. The van der Waals surface area contributed by atoms with Crippen molar-refractivity contribution in [3.63, 3.8) is 0 Å². The molecule has 0 aromatic heterocycles. The summed E-state index contributed by atoms with van der Waals surface area (Å²) in [7, 11) is 0. The van der Waals surface area contributed by atoms with Gasteiger partial charge in [-0.25, -0.2) is 0 Å². The minimum absolute atomic E-state index is 0.0820. The molecule has 0 spiro atoms. The zero-order valence-electron chi connectivity index (χ0n) is 14.0. The number of halogens is 3. The number of benzene rings is 3. The molecule has 3 aromatic rings. The van der Waals surface area contributed by atoms with E-state index < -0.39 is 11.7 Å². The van der Waals surface area contributed by atoms with Gasteiger partial charge in [0.2, 0.25) is 0 Å². The molecule has 0 bridgehead atoms. The fraction of sp³-hybridized carbons (Fsp3) is 0.0909. The highest BCUT2D eigenvalue weighted by Crippen LogP contribution is 2.41. The molecule has 132 valence electrons. The van der Waals surface area contributed by atoms with E-state index >= 15 is 0 Å². The van der Waals surface area contributed by atoms with Crippen LogP contribution in [-0.2, 0) is 12.8 Å². The van der Waals surface area contributed by atoms with Crippen LogP contribution in [0.25, 0.3) is 17.2 Å². The summed E-state index contributed by atoms with van der Waals surface area (Å²) in [5, 5.41) is 0. The molecule has 1 nitrogen and oxygen atoms in total. The number of ether oxygens (including phenoxy) is 1. The lowest BCUT2D eigenvalue weighted by molar-refractivity contribution is -0.137. The topological polar surface area (TPSA) is 9.23 Å². The van der Waals surface area contributed by atoms with Crippen molar-refractivity contribution in [3.8, 4) is 16.9 Å². The first-order chi connectivity index (χ1) is 12.5. The number of hydrogen-bond donors (Lipinski definition) is 0. The zero-order chi connectivity index (χ0) is 18.6. The molecule has 0 aliphatic heterocycles. The Labute approximate surface area is 150 Å². The quantitative estimate of drug-likeness (QED) is 0.502. The highest BCUT2D eigenvalue weighted by molar-refractivity contribution is 5.76. The van der Waals surface area contributed by atoms with Gasteiger partial charge in [-0.05, 0) is 34.9 Å². The van der Waals surface area contributed by atoms with E-state index in [1.807, 2.05) is 30.3 Å². The minimum Gasteiger partial charge on any atom is -0.488 e. The van der Waals surface area contributed by atoms with Gasteiger partial charge in [-0.2, -0.15) is 13.2 Å². The molecule has 0 atom stereocenters. The highest BCUT2D eigenvalue weighted by atomic mass is 19.4. The standard InChI is InChI=1S/C22H17F3O/c1-2-16-12-13-20(22(23,24)25)19(14-16)18-10-6-7-11-21(18)26-15-17-8-4-3-5-9-17/h2-14H,1,15H2. The van der Waals surface area contributed by atoms with Gasteiger partial charge in [0.25, 0.3) is 0 Å². The van der Waals surface area contributed by atoms with Crippen LogP contribution in [0.15, 0.2) is 79.4 Å². The van der Waals surface area contributed by atoms with Gasteiger partial charge in [-0.3, -0.25) is 0 Å². The molecule has 0 heterocycles. The molecular formula is C22H17F3O. The number of rotatable bonds is 5. The van der Waals surface area contributed by atoms with Crippen molar-refractivity contribution in [1.29, 1.82) is 0 Å². The average Bonchev–Trinajstić information content (AvgIpc) is 2.66. The van der Waals surface area contributed by atoms with E-state index in [-0.39, 0.29) is 12.2 Å². The fourth-order valence-corrected chi connectivity index (χ4v) is 2.71. The van der Waals surface area contributed by atoms with Crippen molar-refractivity contribution in [3.05, 3.63) is 96.1 Å². The fourth-order valence-electron chi connectivity index (χ4n) is 2.71. The van der Waals surface area contributed by atoms with Crippen molar-refractivity contribution in [2.45, 2.75) is 12.8 Å². The minimum atomic E-state index is -4.46. The normalized spacial score (nSPS) is 11.2. The van der Waals surface area contributed by atoms with Crippen LogP contribution < -0.4 is 4.74 Å². The number of para-hydroxylation sites is 1. The molecule has 0 fully saturated rings. The van der Waals surface area contributed by atoms with Gasteiger partial charge < -0.3 is 4.74 Å². The van der Waals surface area contributed by atoms with Crippen LogP contribution >= 0.6 is 0 Å². The van der Waals surface area contributed by atoms with E-state index in [4.69, 9.17) is 4.74 Å². The molecule has 0 aliphatic rings. The van der Waals surface area contributed by atoms with Crippen LogP contribution in [0.4, 0.5) is 13.2 Å². The number of alkyl halides is 3. The smallest absolute Gasteiger partial charge is 0.417 e. The highest BCUT2D eigenvalue weighted by Gasteiger charge is 2.34. The Bertz CT molecular complexity index is 899. The van der Waals surface area contributed by atoms with E-state index in [1.165, 1.54) is 18.2 Å². The van der Waals surface area contributed by atoms with Crippen LogP contribution in [0.3, 0.4) is 0 Å². The predicted molar refractivity (Wildman–Crippen MR) is 97.7 cm³/mol. The molecule has 0 N–H and O–H groups in total. The lowest BCUT2D eigenvalue weighted by Crippen LogP contribution is -2.08. The first-order valence-electron chi connectivity index (χ1n) is 8.09. The lowest BCUT2D eigenvalue weighted by atomic mass is 9.96. The summed E-state index contributed by atoms with van der Waals surface area (Å²) >= 11 is 0. The van der Waals surface area contributed by atoms with E-state index in [0.29, 0.717) is 16.9 Å². The zero-order valence-corrected chi connectivity index (χ0v) is 14.0. The van der Waals surface area contributed by atoms with E-state index in [2.05, 4.69) is 6.58 Å². The summed E-state index contributed by atoms with van der Waals surface area (Å²) in [4.78, 5) is 0. The van der Waals surface area contributed by atoms with Gasteiger partial charge in [0.05, 0.1) is 5.56 Å². The lowest BCUT2D eigenvalue weighted by Gasteiger charge is -2.17. The Morgan fingerprint density at radius 3 is 2.23 bits per heavy atom. The Morgan fingerprint density at radius 2 is 1.54 bits per heavy atom. The van der Waals surface area contributed by atoms with Crippen molar-refractivity contribution in [1.82, 2.24) is 0 Å².